The summed E-state index contributed by atoms with van der Waals surface area (Å²) in [6.07, 6.45) is 2.75. The second-order valence-corrected chi connectivity index (χ2v) is 6.07. The van der Waals surface area contributed by atoms with Gasteiger partial charge in [0, 0.05) is 25.6 Å². The third-order valence-electron chi connectivity index (χ3n) is 4.41. The first-order valence-corrected chi connectivity index (χ1v) is 8.27. The Bertz CT molecular complexity index is 784. The summed E-state index contributed by atoms with van der Waals surface area (Å²) in [6, 6.07) is 12.6. The molecule has 0 bridgehead atoms. The zero-order valence-corrected chi connectivity index (χ0v) is 13.8. The van der Waals surface area contributed by atoms with Crippen molar-refractivity contribution in [3.8, 4) is 6.07 Å². The second-order valence-electron chi connectivity index (χ2n) is 6.07. The molecule has 1 fully saturated rings. The first-order valence-electron chi connectivity index (χ1n) is 8.27. The van der Waals surface area contributed by atoms with E-state index in [0.717, 1.165) is 5.56 Å². The van der Waals surface area contributed by atoms with Gasteiger partial charge in [-0.25, -0.2) is 0 Å². The molecule has 2 aromatic rings. The molecule has 0 atom stereocenters. The van der Waals surface area contributed by atoms with Crippen LogP contribution in [0.3, 0.4) is 0 Å². The third kappa shape index (κ3) is 4.07. The maximum Gasteiger partial charge on any atom is 0.289 e. The number of hydrogen-bond acceptors (Lipinski definition) is 4. The SMILES string of the molecule is N#Cc1cccc(CNC(=O)C2CCN(C(=O)c3ccco3)CC2)c1. The van der Waals surface area contributed by atoms with Crippen molar-refractivity contribution in [3.05, 3.63) is 59.5 Å². The number of carbonyl (C=O) groups excluding carboxylic acids is 2. The van der Waals surface area contributed by atoms with E-state index in [0.29, 0.717) is 43.8 Å². The normalized spacial score (nSPS) is 14.8. The number of nitrogens with one attached hydrogen (secondary N) is 1. The molecule has 2 amide bonds. The highest BCUT2D eigenvalue weighted by Crippen LogP contribution is 2.19. The molecule has 1 aliphatic rings. The number of hydrogen-bond donors (Lipinski definition) is 1. The van der Waals surface area contributed by atoms with Crippen molar-refractivity contribution in [2.75, 3.05) is 13.1 Å². The summed E-state index contributed by atoms with van der Waals surface area (Å²) in [5.74, 6) is 0.102. The van der Waals surface area contributed by atoms with Gasteiger partial charge in [-0.15, -0.1) is 0 Å². The third-order valence-corrected chi connectivity index (χ3v) is 4.41. The van der Waals surface area contributed by atoms with Crippen molar-refractivity contribution in [1.29, 1.82) is 5.26 Å². The molecule has 0 unspecified atom stereocenters. The number of rotatable bonds is 4. The van der Waals surface area contributed by atoms with Gasteiger partial charge in [0.1, 0.15) is 0 Å². The molecule has 128 valence electrons. The van der Waals surface area contributed by atoms with Crippen LogP contribution in [-0.4, -0.2) is 29.8 Å². The first kappa shape index (κ1) is 16.8. The number of likely N-dealkylation sites (tertiary alicyclic amines) is 1. The van der Waals surface area contributed by atoms with E-state index in [1.807, 2.05) is 6.07 Å². The topological polar surface area (TPSA) is 86.3 Å². The maximum atomic E-state index is 12.3. The number of furan rings is 1. The molecule has 6 heteroatoms. The summed E-state index contributed by atoms with van der Waals surface area (Å²) in [6.45, 7) is 1.49. The minimum atomic E-state index is -0.128. The number of carbonyl (C=O) groups is 2. The molecule has 1 aromatic heterocycles. The monoisotopic (exact) mass is 337 g/mol. The Balaban J connectivity index is 1.48. The second kappa shape index (κ2) is 7.67. The zero-order chi connectivity index (χ0) is 17.6. The molecule has 0 aliphatic carbocycles. The summed E-state index contributed by atoms with van der Waals surface area (Å²) >= 11 is 0. The van der Waals surface area contributed by atoms with E-state index in [-0.39, 0.29) is 17.7 Å². The average molecular weight is 337 g/mol. The van der Waals surface area contributed by atoms with Gasteiger partial charge in [0.25, 0.3) is 5.91 Å². The van der Waals surface area contributed by atoms with Crippen molar-refractivity contribution < 1.29 is 14.0 Å². The standard InChI is InChI=1S/C19H19N3O3/c20-12-14-3-1-4-15(11-14)13-21-18(23)16-6-8-22(9-7-16)19(24)17-5-2-10-25-17/h1-5,10-11,16H,6-9,13H2,(H,21,23). The summed E-state index contributed by atoms with van der Waals surface area (Å²) in [5, 5.41) is 11.8. The molecule has 1 saturated heterocycles. The van der Waals surface area contributed by atoms with Gasteiger partial charge in [-0.1, -0.05) is 12.1 Å². The van der Waals surface area contributed by atoms with Crippen LogP contribution < -0.4 is 5.32 Å². The largest absolute Gasteiger partial charge is 0.459 e. The Morgan fingerprint density at radius 3 is 2.72 bits per heavy atom. The van der Waals surface area contributed by atoms with Gasteiger partial charge >= 0.3 is 0 Å². The van der Waals surface area contributed by atoms with E-state index in [1.54, 1.807) is 35.2 Å². The molecule has 6 nitrogen and oxygen atoms in total. The van der Waals surface area contributed by atoms with Crippen molar-refractivity contribution in [2.24, 2.45) is 5.92 Å². The quantitative estimate of drug-likeness (QED) is 0.927. The van der Waals surface area contributed by atoms with Crippen LogP contribution in [0.5, 0.6) is 0 Å². The Morgan fingerprint density at radius 1 is 1.24 bits per heavy atom. The van der Waals surface area contributed by atoms with E-state index < -0.39 is 0 Å². The van der Waals surface area contributed by atoms with Gasteiger partial charge in [0.2, 0.25) is 5.91 Å². The molecule has 2 heterocycles. The Hall–Kier alpha value is -3.07. The van der Waals surface area contributed by atoms with Crippen LogP contribution in [0.2, 0.25) is 0 Å². The summed E-state index contributed by atoms with van der Waals surface area (Å²) in [7, 11) is 0. The number of nitrogens with zero attached hydrogens (tertiary/aromatic N) is 2. The van der Waals surface area contributed by atoms with Crippen LogP contribution >= 0.6 is 0 Å². The summed E-state index contributed by atoms with van der Waals surface area (Å²) in [5.41, 5.74) is 1.48. The van der Waals surface area contributed by atoms with E-state index in [4.69, 9.17) is 9.68 Å². The molecular weight excluding hydrogens is 318 g/mol. The van der Waals surface area contributed by atoms with Gasteiger partial charge in [0.15, 0.2) is 5.76 Å². The zero-order valence-electron chi connectivity index (χ0n) is 13.8. The van der Waals surface area contributed by atoms with Crippen molar-refractivity contribution in [1.82, 2.24) is 10.2 Å². The predicted molar refractivity (Wildman–Crippen MR) is 90.3 cm³/mol. The van der Waals surface area contributed by atoms with Crippen LogP contribution in [0.15, 0.2) is 47.1 Å². The van der Waals surface area contributed by atoms with Crippen LogP contribution in [0, 0.1) is 17.2 Å². The highest BCUT2D eigenvalue weighted by atomic mass is 16.3. The lowest BCUT2D eigenvalue weighted by Crippen LogP contribution is -2.42. The van der Waals surface area contributed by atoms with Gasteiger partial charge in [-0.2, -0.15) is 5.26 Å². The Kier molecular flexibility index (Phi) is 5.14. The number of amides is 2. The lowest BCUT2D eigenvalue weighted by Gasteiger charge is -2.30. The van der Waals surface area contributed by atoms with E-state index in [9.17, 15) is 9.59 Å². The molecule has 0 spiro atoms. The number of piperidine rings is 1. The molecule has 1 aliphatic heterocycles. The molecule has 1 aromatic carbocycles. The highest BCUT2D eigenvalue weighted by Gasteiger charge is 2.28. The minimum Gasteiger partial charge on any atom is -0.459 e. The molecule has 3 rings (SSSR count). The highest BCUT2D eigenvalue weighted by molar-refractivity contribution is 5.91. The van der Waals surface area contributed by atoms with Crippen LogP contribution in [0.1, 0.15) is 34.5 Å². The first-order chi connectivity index (χ1) is 12.2. The smallest absolute Gasteiger partial charge is 0.289 e. The molecule has 1 N–H and O–H groups in total. The van der Waals surface area contributed by atoms with Gasteiger partial charge in [-0.05, 0) is 42.7 Å². The van der Waals surface area contributed by atoms with Crippen molar-refractivity contribution in [3.63, 3.8) is 0 Å². The number of benzene rings is 1. The molecule has 0 radical (unpaired) electrons. The van der Waals surface area contributed by atoms with E-state index >= 15 is 0 Å². The van der Waals surface area contributed by atoms with Crippen molar-refractivity contribution in [2.45, 2.75) is 19.4 Å². The van der Waals surface area contributed by atoms with E-state index in [2.05, 4.69) is 11.4 Å². The van der Waals surface area contributed by atoms with Crippen molar-refractivity contribution >= 4 is 11.8 Å². The van der Waals surface area contributed by atoms with Gasteiger partial charge in [-0.3, -0.25) is 9.59 Å². The summed E-state index contributed by atoms with van der Waals surface area (Å²) < 4.78 is 5.14. The fourth-order valence-electron chi connectivity index (χ4n) is 2.99. The summed E-state index contributed by atoms with van der Waals surface area (Å²) in [4.78, 5) is 26.3. The Morgan fingerprint density at radius 2 is 2.04 bits per heavy atom. The van der Waals surface area contributed by atoms with Crippen LogP contribution in [0.4, 0.5) is 0 Å². The lowest BCUT2D eigenvalue weighted by atomic mass is 9.95. The minimum absolute atomic E-state index is 0.00698. The fourth-order valence-corrected chi connectivity index (χ4v) is 2.99. The molecule has 25 heavy (non-hydrogen) atoms. The number of nitriles is 1. The van der Waals surface area contributed by atoms with Gasteiger partial charge < -0.3 is 14.6 Å². The lowest BCUT2D eigenvalue weighted by molar-refractivity contribution is -0.126. The Labute approximate surface area is 146 Å². The maximum absolute atomic E-state index is 12.3. The molecule has 0 saturated carbocycles. The predicted octanol–water partition coefficient (Wildman–Crippen LogP) is 2.32. The van der Waals surface area contributed by atoms with E-state index in [1.165, 1.54) is 6.26 Å². The van der Waals surface area contributed by atoms with Crippen LogP contribution in [0.25, 0.3) is 0 Å². The van der Waals surface area contributed by atoms with Crippen LogP contribution in [-0.2, 0) is 11.3 Å². The average Bonchev–Trinajstić information content (AvgIpc) is 3.20. The molecular formula is C19H19N3O3. The van der Waals surface area contributed by atoms with Gasteiger partial charge in [0.05, 0.1) is 17.9 Å². The fraction of sp³-hybridized carbons (Fsp3) is 0.316.